The molecular formula is C17H22N4. The number of aromatic nitrogens is 4. The fourth-order valence-electron chi connectivity index (χ4n) is 1.59. The topological polar surface area (TPSA) is 43.6 Å². The van der Waals surface area contributed by atoms with Gasteiger partial charge >= 0.3 is 0 Å². The van der Waals surface area contributed by atoms with Crippen LogP contribution in [-0.2, 0) is 0 Å². The van der Waals surface area contributed by atoms with Crippen molar-refractivity contribution in [2.75, 3.05) is 0 Å². The Kier molecular flexibility index (Phi) is 7.43. The maximum atomic E-state index is 4.35. The molecule has 0 aliphatic carbocycles. The first-order valence-electron chi connectivity index (χ1n) is 7.34. The van der Waals surface area contributed by atoms with Crippen LogP contribution in [0, 0.1) is 0 Å². The SMILES string of the molecule is CC.CC.c1ccc(-c2nnn(-c3ccccc3)n2)cc1. The standard InChI is InChI=1S/C13H10N4.2C2H6/c1-3-7-11(8-4-1)13-14-16-17(15-13)12-9-5-2-6-10-12;2*1-2/h1-10H;2*1-2H3. The number of rotatable bonds is 2. The molecule has 0 N–H and O–H groups in total. The molecule has 3 rings (SSSR count). The van der Waals surface area contributed by atoms with Gasteiger partial charge in [0.25, 0.3) is 0 Å². The molecule has 0 aliphatic heterocycles. The molecule has 4 heteroatoms. The maximum absolute atomic E-state index is 4.35. The minimum Gasteiger partial charge on any atom is -0.130 e. The van der Waals surface area contributed by atoms with Crippen LogP contribution in [0.25, 0.3) is 17.1 Å². The lowest BCUT2D eigenvalue weighted by Crippen LogP contribution is -1.98. The molecule has 0 saturated heterocycles. The fraction of sp³-hybridized carbons (Fsp3) is 0.235. The zero-order chi connectivity index (χ0) is 15.5. The minimum absolute atomic E-state index is 0.634. The van der Waals surface area contributed by atoms with Crippen LogP contribution in [0.2, 0.25) is 0 Å². The zero-order valence-corrected chi connectivity index (χ0v) is 13.1. The van der Waals surface area contributed by atoms with Crippen molar-refractivity contribution in [3.8, 4) is 17.1 Å². The van der Waals surface area contributed by atoms with E-state index in [2.05, 4.69) is 15.4 Å². The van der Waals surface area contributed by atoms with Gasteiger partial charge in [0.2, 0.25) is 5.82 Å². The Labute approximate surface area is 126 Å². The van der Waals surface area contributed by atoms with Crippen LogP contribution in [0.5, 0.6) is 0 Å². The summed E-state index contributed by atoms with van der Waals surface area (Å²) in [6.07, 6.45) is 0. The van der Waals surface area contributed by atoms with Crippen molar-refractivity contribution in [3.05, 3.63) is 60.7 Å². The molecular weight excluding hydrogens is 260 g/mol. The smallest absolute Gasteiger partial charge is 0.130 e. The van der Waals surface area contributed by atoms with E-state index < -0.39 is 0 Å². The van der Waals surface area contributed by atoms with E-state index in [1.54, 1.807) is 0 Å². The number of para-hydroxylation sites is 1. The number of tetrazole rings is 1. The quantitative estimate of drug-likeness (QED) is 0.700. The normalized spacial score (nSPS) is 8.95. The highest BCUT2D eigenvalue weighted by Crippen LogP contribution is 2.13. The highest BCUT2D eigenvalue weighted by Gasteiger charge is 2.05. The van der Waals surface area contributed by atoms with Gasteiger partial charge in [-0.25, -0.2) is 0 Å². The Balaban J connectivity index is 0.000000510. The van der Waals surface area contributed by atoms with Crippen LogP contribution >= 0.6 is 0 Å². The van der Waals surface area contributed by atoms with Crippen molar-refractivity contribution < 1.29 is 0 Å². The third-order valence-corrected chi connectivity index (χ3v) is 2.43. The van der Waals surface area contributed by atoms with E-state index in [-0.39, 0.29) is 0 Å². The summed E-state index contributed by atoms with van der Waals surface area (Å²) in [4.78, 5) is 1.53. The van der Waals surface area contributed by atoms with E-state index in [1.165, 1.54) is 4.80 Å². The Morgan fingerprint density at radius 2 is 1.24 bits per heavy atom. The van der Waals surface area contributed by atoms with E-state index in [4.69, 9.17) is 0 Å². The van der Waals surface area contributed by atoms with Crippen molar-refractivity contribution in [1.29, 1.82) is 0 Å². The number of hydrogen-bond acceptors (Lipinski definition) is 3. The van der Waals surface area contributed by atoms with Gasteiger partial charge in [0, 0.05) is 5.56 Å². The summed E-state index contributed by atoms with van der Waals surface area (Å²) in [6.45, 7) is 8.00. The van der Waals surface area contributed by atoms with Crippen molar-refractivity contribution in [2.24, 2.45) is 0 Å². The van der Waals surface area contributed by atoms with E-state index in [9.17, 15) is 0 Å². The Morgan fingerprint density at radius 1 is 0.714 bits per heavy atom. The highest BCUT2D eigenvalue weighted by molar-refractivity contribution is 5.53. The summed E-state index contributed by atoms with van der Waals surface area (Å²) < 4.78 is 0. The molecule has 21 heavy (non-hydrogen) atoms. The molecule has 0 radical (unpaired) electrons. The van der Waals surface area contributed by atoms with Gasteiger partial charge in [-0.3, -0.25) is 0 Å². The number of benzene rings is 2. The lowest BCUT2D eigenvalue weighted by atomic mass is 10.2. The van der Waals surface area contributed by atoms with Gasteiger partial charge < -0.3 is 0 Å². The van der Waals surface area contributed by atoms with Gasteiger partial charge in [-0.15, -0.1) is 15.0 Å². The second-order valence-electron chi connectivity index (χ2n) is 3.60. The number of hydrogen-bond donors (Lipinski definition) is 0. The zero-order valence-electron chi connectivity index (χ0n) is 13.1. The van der Waals surface area contributed by atoms with Gasteiger partial charge in [0.05, 0.1) is 5.69 Å². The predicted molar refractivity (Wildman–Crippen MR) is 87.3 cm³/mol. The summed E-state index contributed by atoms with van der Waals surface area (Å²) in [5.41, 5.74) is 1.87. The summed E-state index contributed by atoms with van der Waals surface area (Å²) in [7, 11) is 0. The van der Waals surface area contributed by atoms with Crippen molar-refractivity contribution in [3.63, 3.8) is 0 Å². The lowest BCUT2D eigenvalue weighted by molar-refractivity contribution is 0.720. The first-order chi connectivity index (χ1) is 10.4. The number of nitrogens with zero attached hydrogens (tertiary/aromatic N) is 4. The van der Waals surface area contributed by atoms with Gasteiger partial charge in [0.15, 0.2) is 0 Å². The maximum Gasteiger partial charge on any atom is 0.205 e. The minimum atomic E-state index is 0.634. The second-order valence-corrected chi connectivity index (χ2v) is 3.60. The third-order valence-electron chi connectivity index (χ3n) is 2.43. The van der Waals surface area contributed by atoms with E-state index in [0.717, 1.165) is 11.3 Å². The molecule has 0 atom stereocenters. The average Bonchev–Trinajstić information content (AvgIpc) is 3.10. The molecule has 0 fully saturated rings. The molecule has 2 aromatic carbocycles. The average molecular weight is 282 g/mol. The van der Waals surface area contributed by atoms with Crippen LogP contribution in [0.1, 0.15) is 27.7 Å². The Morgan fingerprint density at radius 3 is 1.81 bits per heavy atom. The van der Waals surface area contributed by atoms with Gasteiger partial charge in [-0.05, 0) is 17.3 Å². The summed E-state index contributed by atoms with van der Waals surface area (Å²) in [5.74, 6) is 0.634. The third kappa shape index (κ3) is 4.53. The van der Waals surface area contributed by atoms with Crippen molar-refractivity contribution in [1.82, 2.24) is 20.2 Å². The van der Waals surface area contributed by atoms with Crippen molar-refractivity contribution in [2.45, 2.75) is 27.7 Å². The molecule has 0 spiro atoms. The molecule has 0 bridgehead atoms. The summed E-state index contributed by atoms with van der Waals surface area (Å²) in [6, 6.07) is 19.5. The first-order valence-corrected chi connectivity index (χ1v) is 7.34. The van der Waals surface area contributed by atoms with Gasteiger partial charge in [-0.2, -0.15) is 0 Å². The van der Waals surface area contributed by atoms with Crippen LogP contribution < -0.4 is 0 Å². The molecule has 0 unspecified atom stereocenters. The molecule has 3 aromatic rings. The van der Waals surface area contributed by atoms with Gasteiger partial charge in [-0.1, -0.05) is 76.2 Å². The Bertz CT molecular complexity index is 549. The fourth-order valence-corrected chi connectivity index (χ4v) is 1.59. The van der Waals surface area contributed by atoms with Crippen LogP contribution in [0.3, 0.4) is 0 Å². The predicted octanol–water partition coefficient (Wildman–Crippen LogP) is 4.38. The van der Waals surface area contributed by atoms with E-state index in [1.807, 2.05) is 88.4 Å². The van der Waals surface area contributed by atoms with E-state index in [0.29, 0.717) is 5.82 Å². The van der Waals surface area contributed by atoms with Gasteiger partial charge in [0.1, 0.15) is 0 Å². The molecule has 0 saturated carbocycles. The Hall–Kier alpha value is -2.49. The molecule has 1 heterocycles. The van der Waals surface area contributed by atoms with Crippen LogP contribution in [-0.4, -0.2) is 20.2 Å². The molecule has 1 aromatic heterocycles. The van der Waals surface area contributed by atoms with E-state index >= 15 is 0 Å². The summed E-state index contributed by atoms with van der Waals surface area (Å²) >= 11 is 0. The molecule has 110 valence electrons. The molecule has 0 amide bonds. The summed E-state index contributed by atoms with van der Waals surface area (Å²) in [5, 5.41) is 12.4. The highest BCUT2D eigenvalue weighted by atomic mass is 15.6. The lowest BCUT2D eigenvalue weighted by Gasteiger charge is -1.95. The van der Waals surface area contributed by atoms with Crippen LogP contribution in [0.15, 0.2) is 60.7 Å². The molecule has 0 aliphatic rings. The molecule has 4 nitrogen and oxygen atoms in total. The second kappa shape index (κ2) is 9.42. The largest absolute Gasteiger partial charge is 0.205 e. The van der Waals surface area contributed by atoms with Crippen LogP contribution in [0.4, 0.5) is 0 Å². The first kappa shape index (κ1) is 16.6. The monoisotopic (exact) mass is 282 g/mol. The van der Waals surface area contributed by atoms with Crippen molar-refractivity contribution >= 4 is 0 Å².